The van der Waals surface area contributed by atoms with E-state index < -0.39 is 17.6 Å². The van der Waals surface area contributed by atoms with Gasteiger partial charge >= 0.3 is 5.97 Å². The van der Waals surface area contributed by atoms with Crippen LogP contribution in [0.3, 0.4) is 0 Å². The van der Waals surface area contributed by atoms with Crippen LogP contribution in [-0.4, -0.2) is 40.3 Å². The van der Waals surface area contributed by atoms with E-state index in [0.29, 0.717) is 24.8 Å². The first-order valence-electron chi connectivity index (χ1n) is 9.23. The molecule has 0 saturated heterocycles. The molecule has 2 saturated carbocycles. The first-order valence-corrected chi connectivity index (χ1v) is 9.23. The summed E-state index contributed by atoms with van der Waals surface area (Å²) in [5.41, 5.74) is 5.41. The fourth-order valence-electron chi connectivity index (χ4n) is 2.91. The fraction of sp³-hybridized carbons (Fsp3) is 0.833. The van der Waals surface area contributed by atoms with Crippen LogP contribution in [-0.2, 0) is 21.4 Å². The summed E-state index contributed by atoms with van der Waals surface area (Å²) in [7, 11) is 0. The van der Waals surface area contributed by atoms with E-state index in [9.17, 15) is 4.79 Å². The molecule has 2 fully saturated rings. The van der Waals surface area contributed by atoms with Crippen LogP contribution in [0.1, 0.15) is 65.1 Å². The number of nitrogens with two attached hydrogens (primary N) is 1. The first kappa shape index (κ1) is 18.3. The molecule has 3 atom stereocenters. The van der Waals surface area contributed by atoms with Gasteiger partial charge in [-0.1, -0.05) is 12.1 Å². The van der Waals surface area contributed by atoms with Gasteiger partial charge in [-0.3, -0.25) is 4.79 Å². The predicted octanol–water partition coefficient (Wildman–Crippen LogP) is 1.70. The van der Waals surface area contributed by atoms with Crippen molar-refractivity contribution in [3.05, 3.63) is 11.7 Å². The molecule has 0 aromatic carbocycles. The van der Waals surface area contributed by atoms with Gasteiger partial charge in [0.2, 0.25) is 5.89 Å². The highest BCUT2D eigenvalue weighted by Crippen LogP contribution is 2.47. The molecule has 0 spiro atoms. The monoisotopic (exact) mass is 350 g/mol. The van der Waals surface area contributed by atoms with Gasteiger partial charge in [-0.2, -0.15) is 4.98 Å². The zero-order chi connectivity index (χ0) is 18.2. The van der Waals surface area contributed by atoms with Crippen LogP contribution in [0.15, 0.2) is 4.52 Å². The fourth-order valence-corrected chi connectivity index (χ4v) is 2.91. The standard InChI is InChI=1S/C18H30N4O3/c1-11-9-13(11)20-10-18(7-8-18)16-21-14(25-22-16)6-5-12(19)15(23)24-17(2,3)4/h11-13,20H,5-10,19H2,1-4H3/t11-,12+,13-/m1/s1. The largest absolute Gasteiger partial charge is 0.459 e. The molecular weight excluding hydrogens is 320 g/mol. The quantitative estimate of drug-likeness (QED) is 0.688. The molecule has 0 amide bonds. The van der Waals surface area contributed by atoms with E-state index in [1.807, 2.05) is 20.8 Å². The van der Waals surface area contributed by atoms with Gasteiger partial charge in [0.05, 0.1) is 0 Å². The molecule has 140 valence electrons. The zero-order valence-corrected chi connectivity index (χ0v) is 15.7. The Hall–Kier alpha value is -1.47. The van der Waals surface area contributed by atoms with Gasteiger partial charge < -0.3 is 20.3 Å². The molecule has 1 heterocycles. The van der Waals surface area contributed by atoms with Gasteiger partial charge in [0.1, 0.15) is 11.6 Å². The van der Waals surface area contributed by atoms with E-state index in [1.54, 1.807) is 0 Å². The van der Waals surface area contributed by atoms with Crippen molar-refractivity contribution in [3.63, 3.8) is 0 Å². The van der Waals surface area contributed by atoms with Gasteiger partial charge in [0.15, 0.2) is 5.82 Å². The number of aromatic nitrogens is 2. The highest BCUT2D eigenvalue weighted by Gasteiger charge is 2.49. The molecule has 3 rings (SSSR count). The lowest BCUT2D eigenvalue weighted by Gasteiger charge is -2.21. The van der Waals surface area contributed by atoms with E-state index in [-0.39, 0.29) is 5.41 Å². The lowest BCUT2D eigenvalue weighted by atomic mass is 10.1. The van der Waals surface area contributed by atoms with Crippen LogP contribution in [0, 0.1) is 5.92 Å². The summed E-state index contributed by atoms with van der Waals surface area (Å²) >= 11 is 0. The van der Waals surface area contributed by atoms with E-state index in [0.717, 1.165) is 31.1 Å². The Morgan fingerprint density at radius 1 is 1.48 bits per heavy atom. The van der Waals surface area contributed by atoms with Crippen molar-refractivity contribution in [2.24, 2.45) is 11.7 Å². The summed E-state index contributed by atoms with van der Waals surface area (Å²) in [4.78, 5) is 16.5. The minimum atomic E-state index is -0.678. The molecule has 2 aliphatic carbocycles. The van der Waals surface area contributed by atoms with E-state index >= 15 is 0 Å². The maximum atomic E-state index is 11.9. The second-order valence-corrected chi connectivity index (χ2v) is 8.67. The van der Waals surface area contributed by atoms with Crippen molar-refractivity contribution in [2.45, 2.75) is 82.9 Å². The van der Waals surface area contributed by atoms with Crippen molar-refractivity contribution < 1.29 is 14.1 Å². The summed E-state index contributed by atoms with van der Waals surface area (Å²) in [5.74, 6) is 1.72. The molecule has 1 aromatic rings. The molecule has 1 aromatic heterocycles. The Balaban J connectivity index is 1.48. The number of ether oxygens (including phenoxy) is 1. The number of rotatable bonds is 8. The Bertz CT molecular complexity index is 618. The van der Waals surface area contributed by atoms with E-state index in [2.05, 4.69) is 22.4 Å². The third-order valence-corrected chi connectivity index (χ3v) is 4.99. The number of hydrogen-bond acceptors (Lipinski definition) is 7. The lowest BCUT2D eigenvalue weighted by molar-refractivity contribution is -0.156. The zero-order valence-electron chi connectivity index (χ0n) is 15.7. The molecule has 7 nitrogen and oxygen atoms in total. The average Bonchev–Trinajstić information content (AvgIpc) is 3.40. The van der Waals surface area contributed by atoms with Crippen molar-refractivity contribution >= 4 is 5.97 Å². The normalized spacial score (nSPS) is 25.5. The van der Waals surface area contributed by atoms with Crippen LogP contribution >= 0.6 is 0 Å². The van der Waals surface area contributed by atoms with Crippen LogP contribution in [0.25, 0.3) is 0 Å². The van der Waals surface area contributed by atoms with Crippen molar-refractivity contribution in [3.8, 4) is 0 Å². The van der Waals surface area contributed by atoms with Crippen molar-refractivity contribution in [1.82, 2.24) is 15.5 Å². The summed E-state index contributed by atoms with van der Waals surface area (Å²) in [5, 5.41) is 7.77. The Kier molecular flexibility index (Phi) is 4.90. The number of carbonyl (C=O) groups excluding carboxylic acids is 1. The number of hydrogen-bond donors (Lipinski definition) is 2. The maximum absolute atomic E-state index is 11.9. The molecule has 0 unspecified atom stereocenters. The summed E-state index contributed by atoms with van der Waals surface area (Å²) in [6.07, 6.45) is 4.36. The Morgan fingerprint density at radius 3 is 2.72 bits per heavy atom. The summed E-state index contributed by atoms with van der Waals surface area (Å²) < 4.78 is 10.7. The van der Waals surface area contributed by atoms with Gasteiger partial charge in [-0.15, -0.1) is 0 Å². The van der Waals surface area contributed by atoms with Crippen molar-refractivity contribution in [1.29, 1.82) is 0 Å². The smallest absolute Gasteiger partial charge is 0.323 e. The minimum Gasteiger partial charge on any atom is -0.459 e. The SMILES string of the molecule is C[C@@H]1C[C@H]1NCC1(c2noc(CC[C@H](N)C(=O)OC(C)(C)C)n2)CC1. The maximum Gasteiger partial charge on any atom is 0.323 e. The van der Waals surface area contributed by atoms with E-state index in [1.165, 1.54) is 6.42 Å². The third kappa shape index (κ3) is 4.79. The van der Waals surface area contributed by atoms with Gasteiger partial charge in [0.25, 0.3) is 0 Å². The summed E-state index contributed by atoms with van der Waals surface area (Å²) in [6, 6.07) is -0.0295. The molecular formula is C18H30N4O3. The number of nitrogens with one attached hydrogen (secondary N) is 1. The second kappa shape index (κ2) is 6.68. The molecule has 7 heteroatoms. The second-order valence-electron chi connectivity index (χ2n) is 8.67. The first-order chi connectivity index (χ1) is 11.7. The highest BCUT2D eigenvalue weighted by molar-refractivity contribution is 5.75. The molecule has 0 bridgehead atoms. The molecule has 0 aliphatic heterocycles. The highest BCUT2D eigenvalue weighted by atomic mass is 16.6. The third-order valence-electron chi connectivity index (χ3n) is 4.99. The molecule has 25 heavy (non-hydrogen) atoms. The predicted molar refractivity (Wildman–Crippen MR) is 92.9 cm³/mol. The Morgan fingerprint density at radius 2 is 2.16 bits per heavy atom. The number of carbonyl (C=O) groups is 1. The van der Waals surface area contributed by atoms with Gasteiger partial charge in [-0.25, -0.2) is 0 Å². The average molecular weight is 350 g/mol. The van der Waals surface area contributed by atoms with E-state index in [4.69, 9.17) is 15.0 Å². The van der Waals surface area contributed by atoms with Crippen LogP contribution in [0.5, 0.6) is 0 Å². The van der Waals surface area contributed by atoms with Gasteiger partial charge in [0, 0.05) is 24.4 Å². The lowest BCUT2D eigenvalue weighted by Crippen LogP contribution is -2.37. The van der Waals surface area contributed by atoms with Crippen LogP contribution < -0.4 is 11.1 Å². The topological polar surface area (TPSA) is 103 Å². The number of esters is 1. The van der Waals surface area contributed by atoms with Crippen LogP contribution in [0.4, 0.5) is 0 Å². The minimum absolute atomic E-state index is 0.0390. The number of aryl methyl sites for hydroxylation is 1. The van der Waals surface area contributed by atoms with Crippen LogP contribution in [0.2, 0.25) is 0 Å². The van der Waals surface area contributed by atoms with Crippen molar-refractivity contribution in [2.75, 3.05) is 6.54 Å². The molecule has 3 N–H and O–H groups in total. The Labute approximate surface area is 149 Å². The molecule has 0 radical (unpaired) electrons. The number of nitrogens with zero attached hydrogens (tertiary/aromatic N) is 2. The van der Waals surface area contributed by atoms with Gasteiger partial charge in [-0.05, 0) is 52.4 Å². The summed E-state index contributed by atoms with van der Waals surface area (Å²) in [6.45, 7) is 8.66. The molecule has 2 aliphatic rings.